The minimum Gasteiger partial charge on any atom is -0.465 e. The van der Waals surface area contributed by atoms with Crippen molar-refractivity contribution in [3.8, 4) is 12.1 Å². The largest absolute Gasteiger partial charge is 0.465 e. The lowest BCUT2D eigenvalue weighted by Crippen LogP contribution is -2.20. The zero-order chi connectivity index (χ0) is 15.9. The highest BCUT2D eigenvalue weighted by atomic mass is 16.3. The van der Waals surface area contributed by atoms with Crippen LogP contribution in [0.4, 0.5) is 5.82 Å². The molecule has 0 amide bonds. The minimum atomic E-state index is 0.276. The Labute approximate surface area is 127 Å². The van der Waals surface area contributed by atoms with Crippen LogP contribution in [0.1, 0.15) is 35.1 Å². The van der Waals surface area contributed by atoms with Crippen molar-refractivity contribution < 1.29 is 9.40 Å². The maximum Gasteiger partial charge on any atom is 0.289 e. The summed E-state index contributed by atoms with van der Waals surface area (Å²) in [5.41, 5.74) is 10.8. The number of furan rings is 1. The Hall–Kier alpha value is -3.31. The van der Waals surface area contributed by atoms with Gasteiger partial charge in [0, 0.05) is 5.56 Å². The molecule has 0 atom stereocenters. The number of pyridine rings is 1. The highest BCUT2D eigenvalue weighted by Gasteiger charge is 2.32. The first-order valence-electron chi connectivity index (χ1n) is 6.71. The molecule has 22 heavy (non-hydrogen) atoms. The van der Waals surface area contributed by atoms with Crippen LogP contribution in [0.5, 0.6) is 0 Å². The van der Waals surface area contributed by atoms with Crippen LogP contribution in [0, 0.1) is 29.6 Å². The second kappa shape index (κ2) is 4.91. The highest BCUT2D eigenvalue weighted by molar-refractivity contribution is 6.07. The number of hydrogen-bond donors (Lipinski definition) is 1. The molecule has 5 heteroatoms. The molecule has 1 aliphatic carbocycles. The van der Waals surface area contributed by atoms with E-state index in [1.165, 1.54) is 0 Å². The summed E-state index contributed by atoms with van der Waals surface area (Å²) in [5.74, 6) is 0.966. The fourth-order valence-corrected chi connectivity index (χ4v) is 2.79. The molecule has 0 saturated heterocycles. The lowest BCUT2D eigenvalue weighted by molar-refractivity contribution is -0.364. The van der Waals surface area contributed by atoms with Crippen molar-refractivity contribution >= 4 is 23.0 Å². The van der Waals surface area contributed by atoms with Crippen LogP contribution < -0.4 is 10.7 Å². The van der Waals surface area contributed by atoms with Gasteiger partial charge in [-0.15, -0.1) is 0 Å². The number of anilines is 1. The lowest BCUT2D eigenvalue weighted by Gasteiger charge is -2.07. The van der Waals surface area contributed by atoms with Crippen LogP contribution >= 0.6 is 0 Å². The second-order valence-electron chi connectivity index (χ2n) is 5.09. The topological polar surface area (TPSA) is 101 Å². The SMILES string of the molecule is CC1=C(C#N)c2[nH+]c(N)c(C#N)c(C)c2C1=Cc1ccco1. The van der Waals surface area contributed by atoms with E-state index in [-0.39, 0.29) is 5.82 Å². The third kappa shape index (κ3) is 1.81. The summed E-state index contributed by atoms with van der Waals surface area (Å²) in [5, 5.41) is 18.7. The van der Waals surface area contributed by atoms with Crippen LogP contribution in [0.25, 0.3) is 17.2 Å². The van der Waals surface area contributed by atoms with Gasteiger partial charge in [-0.25, -0.2) is 4.98 Å². The maximum atomic E-state index is 9.45. The molecule has 2 heterocycles. The molecule has 3 N–H and O–H groups in total. The zero-order valence-corrected chi connectivity index (χ0v) is 12.2. The predicted octanol–water partition coefficient (Wildman–Crippen LogP) is 2.71. The Bertz CT molecular complexity index is 919. The molecular formula is C17H13N4O+. The fourth-order valence-electron chi connectivity index (χ4n) is 2.79. The van der Waals surface area contributed by atoms with Gasteiger partial charge in [-0.05, 0) is 48.8 Å². The summed E-state index contributed by atoms with van der Waals surface area (Å²) in [6.07, 6.45) is 3.46. The van der Waals surface area contributed by atoms with Gasteiger partial charge in [0.2, 0.25) is 0 Å². The number of nitrogens with one attached hydrogen (secondary N) is 1. The van der Waals surface area contributed by atoms with Crippen LogP contribution in [0.3, 0.4) is 0 Å². The molecule has 0 radical (unpaired) electrons. The average molecular weight is 289 g/mol. The number of hydrogen-bond acceptors (Lipinski definition) is 4. The van der Waals surface area contributed by atoms with Crippen LogP contribution in [0.2, 0.25) is 0 Å². The standard InChI is InChI=1S/C17H12N4O/c1-9-12(6-11-4-3-5-22-11)15-10(2)14(8-19)17(20)21-16(15)13(9)7-18/h3-6H,1-2H3,(H2,20,21)/p+1. The van der Waals surface area contributed by atoms with Crippen molar-refractivity contribution in [2.24, 2.45) is 0 Å². The molecule has 1 aliphatic rings. The smallest absolute Gasteiger partial charge is 0.289 e. The van der Waals surface area contributed by atoms with E-state index < -0.39 is 0 Å². The van der Waals surface area contributed by atoms with Crippen molar-refractivity contribution in [3.05, 3.63) is 52.1 Å². The average Bonchev–Trinajstić information content (AvgIpc) is 3.07. The summed E-state index contributed by atoms with van der Waals surface area (Å²) in [6, 6.07) is 7.96. The summed E-state index contributed by atoms with van der Waals surface area (Å²) >= 11 is 0. The van der Waals surface area contributed by atoms with Gasteiger partial charge in [0.25, 0.3) is 5.82 Å². The minimum absolute atomic E-state index is 0.276. The molecule has 0 fully saturated rings. The Morgan fingerprint density at radius 1 is 1.27 bits per heavy atom. The Morgan fingerprint density at radius 3 is 2.64 bits per heavy atom. The van der Waals surface area contributed by atoms with Gasteiger partial charge in [-0.2, -0.15) is 10.5 Å². The highest BCUT2D eigenvalue weighted by Crippen LogP contribution is 2.42. The quantitative estimate of drug-likeness (QED) is 0.872. The van der Waals surface area contributed by atoms with Gasteiger partial charge in [0.05, 0.1) is 6.26 Å². The first kappa shape index (κ1) is 13.7. The molecule has 2 aromatic rings. The molecular weight excluding hydrogens is 276 g/mol. The molecule has 0 saturated carbocycles. The van der Waals surface area contributed by atoms with E-state index >= 15 is 0 Å². The number of rotatable bonds is 1. The van der Waals surface area contributed by atoms with Crippen molar-refractivity contribution in [2.75, 3.05) is 5.73 Å². The number of nitrogen functional groups attached to an aromatic ring is 1. The molecule has 3 rings (SSSR count). The first-order valence-corrected chi connectivity index (χ1v) is 6.71. The van der Waals surface area contributed by atoms with E-state index in [9.17, 15) is 10.5 Å². The molecule has 0 unspecified atom stereocenters. The van der Waals surface area contributed by atoms with Gasteiger partial charge in [-0.1, -0.05) is 0 Å². The van der Waals surface area contributed by atoms with E-state index in [4.69, 9.17) is 10.2 Å². The molecule has 0 aliphatic heterocycles. The van der Waals surface area contributed by atoms with E-state index in [1.54, 1.807) is 12.3 Å². The number of allylic oxidation sites excluding steroid dienone is 3. The predicted molar refractivity (Wildman–Crippen MR) is 81.6 cm³/mol. The number of H-pyrrole nitrogens is 1. The molecule has 106 valence electrons. The Morgan fingerprint density at radius 2 is 2.05 bits per heavy atom. The summed E-state index contributed by atoms with van der Waals surface area (Å²) in [7, 11) is 0. The van der Waals surface area contributed by atoms with E-state index in [0.717, 1.165) is 22.3 Å². The van der Waals surface area contributed by atoms with E-state index in [1.807, 2.05) is 26.0 Å². The number of aromatic nitrogens is 1. The second-order valence-corrected chi connectivity index (χ2v) is 5.09. The van der Waals surface area contributed by atoms with Crippen LogP contribution in [-0.2, 0) is 0 Å². The van der Waals surface area contributed by atoms with Gasteiger partial charge in [0.15, 0.2) is 5.69 Å². The monoisotopic (exact) mass is 289 g/mol. The summed E-state index contributed by atoms with van der Waals surface area (Å²) < 4.78 is 5.37. The normalized spacial score (nSPS) is 14.8. The summed E-state index contributed by atoms with van der Waals surface area (Å²) in [6.45, 7) is 3.72. The maximum absolute atomic E-state index is 9.45. The number of nitrogens with zero attached hydrogens (tertiary/aromatic N) is 2. The van der Waals surface area contributed by atoms with Crippen molar-refractivity contribution in [1.82, 2.24) is 0 Å². The fraction of sp³-hybridized carbons (Fsp3) is 0.118. The Kier molecular flexibility index (Phi) is 3.05. The number of nitrogens with two attached hydrogens (primary N) is 1. The van der Waals surface area contributed by atoms with Crippen molar-refractivity contribution in [2.45, 2.75) is 13.8 Å². The number of fused-ring (bicyclic) bond motifs is 1. The molecule has 0 spiro atoms. The van der Waals surface area contributed by atoms with Gasteiger partial charge < -0.3 is 4.42 Å². The molecule has 2 aromatic heterocycles. The number of aromatic amines is 1. The van der Waals surface area contributed by atoms with Gasteiger partial charge in [-0.3, -0.25) is 5.73 Å². The molecule has 5 nitrogen and oxygen atoms in total. The Balaban J connectivity index is 2.36. The first-order chi connectivity index (χ1) is 10.6. The summed E-state index contributed by atoms with van der Waals surface area (Å²) in [4.78, 5) is 2.99. The van der Waals surface area contributed by atoms with Crippen molar-refractivity contribution in [3.63, 3.8) is 0 Å². The molecule has 0 aromatic carbocycles. The molecule has 0 bridgehead atoms. The van der Waals surface area contributed by atoms with Gasteiger partial charge in [0.1, 0.15) is 29.0 Å². The van der Waals surface area contributed by atoms with Crippen LogP contribution in [0.15, 0.2) is 28.4 Å². The lowest BCUT2D eigenvalue weighted by atomic mass is 9.96. The third-order valence-electron chi connectivity index (χ3n) is 3.88. The van der Waals surface area contributed by atoms with E-state index in [0.29, 0.717) is 22.6 Å². The van der Waals surface area contributed by atoms with E-state index in [2.05, 4.69) is 17.1 Å². The third-order valence-corrected chi connectivity index (χ3v) is 3.88. The zero-order valence-electron chi connectivity index (χ0n) is 12.2. The van der Waals surface area contributed by atoms with Crippen LogP contribution in [-0.4, -0.2) is 0 Å². The van der Waals surface area contributed by atoms with Gasteiger partial charge >= 0.3 is 0 Å². The van der Waals surface area contributed by atoms with Crippen molar-refractivity contribution in [1.29, 1.82) is 10.5 Å². The number of nitriles is 2.